The van der Waals surface area contributed by atoms with Gasteiger partial charge in [-0.3, -0.25) is 9.05 Å². The maximum absolute atomic E-state index is 12.1. The Hall–Kier alpha value is -0.180. The first-order chi connectivity index (χ1) is 4.14. The van der Waals surface area contributed by atoms with Gasteiger partial charge in [-0.1, -0.05) is 6.08 Å². The lowest BCUT2D eigenvalue weighted by molar-refractivity contribution is 0.273. The first-order valence-corrected chi connectivity index (χ1v) is 3.82. The highest BCUT2D eigenvalue weighted by Crippen LogP contribution is 2.55. The van der Waals surface area contributed by atoms with E-state index in [1.807, 2.05) is 0 Å². The molecule has 0 aliphatic carbocycles. The molecule has 3 nitrogen and oxygen atoms in total. The van der Waals surface area contributed by atoms with Crippen LogP contribution < -0.4 is 0 Å². The first kappa shape index (κ1) is 6.93. The van der Waals surface area contributed by atoms with Crippen molar-refractivity contribution in [3.8, 4) is 0 Å². The third-order valence-electron chi connectivity index (χ3n) is 0.917. The lowest BCUT2D eigenvalue weighted by Gasteiger charge is -1.96. The predicted molar refractivity (Wildman–Crippen MR) is 29.7 cm³/mol. The Labute approximate surface area is 52.1 Å². The molecule has 1 rings (SSSR count). The summed E-state index contributed by atoms with van der Waals surface area (Å²) in [7, 11) is -4.19. The summed E-state index contributed by atoms with van der Waals surface area (Å²) < 4.78 is 30.7. The Morgan fingerprint density at radius 1 is 1.89 bits per heavy atom. The zero-order valence-electron chi connectivity index (χ0n) is 4.62. The molecule has 0 radical (unpaired) electrons. The smallest absolute Gasteiger partial charge is 0.280 e. The molecule has 1 fully saturated rings. The average Bonchev–Trinajstić information content (AvgIpc) is 2.10. The minimum Gasteiger partial charge on any atom is -0.280 e. The maximum atomic E-state index is 12.1. The Bertz CT molecular complexity index is 169. The molecule has 0 aromatic carbocycles. The fraction of sp³-hybridized carbons (Fsp3) is 0.500. The molecule has 0 N–H and O–H groups in total. The van der Waals surface area contributed by atoms with E-state index < -0.39 is 14.0 Å². The van der Waals surface area contributed by atoms with Gasteiger partial charge in [0.15, 0.2) is 0 Å². The van der Waals surface area contributed by atoms with E-state index in [0.29, 0.717) is 0 Å². The van der Waals surface area contributed by atoms with Crippen molar-refractivity contribution in [3.63, 3.8) is 0 Å². The van der Waals surface area contributed by atoms with E-state index in [1.54, 1.807) is 0 Å². The van der Waals surface area contributed by atoms with Crippen LogP contribution in [0.5, 0.6) is 0 Å². The Balaban J connectivity index is 2.57. The molecular weight excluding hydrogens is 146 g/mol. The van der Waals surface area contributed by atoms with Crippen LogP contribution in [0.25, 0.3) is 0 Å². The highest BCUT2D eigenvalue weighted by molar-refractivity contribution is 7.48. The summed E-state index contributed by atoms with van der Waals surface area (Å²) in [5.74, 6) is 0. The van der Waals surface area contributed by atoms with Gasteiger partial charge in [0.25, 0.3) is 0 Å². The maximum Gasteiger partial charge on any atom is 0.513 e. The Kier molecular flexibility index (Phi) is 1.70. The zero-order chi connectivity index (χ0) is 6.91. The predicted octanol–water partition coefficient (Wildman–Crippen LogP) is 1.67. The van der Waals surface area contributed by atoms with Gasteiger partial charge >= 0.3 is 7.91 Å². The quantitative estimate of drug-likeness (QED) is 0.423. The summed E-state index contributed by atoms with van der Waals surface area (Å²) in [6, 6.07) is 0. The van der Waals surface area contributed by atoms with Crippen LogP contribution in [-0.4, -0.2) is 12.7 Å². The molecule has 52 valence electrons. The van der Waals surface area contributed by atoms with E-state index in [4.69, 9.17) is 0 Å². The zero-order valence-corrected chi connectivity index (χ0v) is 5.51. The van der Waals surface area contributed by atoms with Crippen molar-refractivity contribution >= 4 is 7.91 Å². The molecule has 5 heteroatoms. The van der Waals surface area contributed by atoms with E-state index in [0.717, 1.165) is 0 Å². The molecule has 0 amide bonds. The Morgan fingerprint density at radius 2 is 2.56 bits per heavy atom. The van der Waals surface area contributed by atoms with Crippen LogP contribution >= 0.6 is 7.91 Å². The van der Waals surface area contributed by atoms with Crippen molar-refractivity contribution < 1.29 is 17.8 Å². The number of hydrogen-bond donors (Lipinski definition) is 0. The largest absolute Gasteiger partial charge is 0.513 e. The SMILES string of the molecule is C=CC1COP(=O)(F)O1. The van der Waals surface area contributed by atoms with Crippen LogP contribution in [0.3, 0.4) is 0 Å². The molecule has 0 aromatic rings. The van der Waals surface area contributed by atoms with E-state index >= 15 is 0 Å². The van der Waals surface area contributed by atoms with E-state index in [2.05, 4.69) is 15.6 Å². The van der Waals surface area contributed by atoms with Gasteiger partial charge in [-0.25, -0.2) is 4.57 Å². The van der Waals surface area contributed by atoms with Gasteiger partial charge in [-0.2, -0.15) is 0 Å². The minimum atomic E-state index is -4.19. The van der Waals surface area contributed by atoms with Crippen LogP contribution in [0, 0.1) is 0 Å². The van der Waals surface area contributed by atoms with Crippen LogP contribution in [-0.2, 0) is 13.6 Å². The van der Waals surface area contributed by atoms with Crippen molar-refractivity contribution in [2.75, 3.05) is 6.61 Å². The van der Waals surface area contributed by atoms with Crippen molar-refractivity contribution in [1.82, 2.24) is 0 Å². The molecule has 1 aliphatic rings. The van der Waals surface area contributed by atoms with E-state index in [-0.39, 0.29) is 6.61 Å². The lowest BCUT2D eigenvalue weighted by atomic mass is 10.4. The highest BCUT2D eigenvalue weighted by atomic mass is 31.2. The second-order valence-electron chi connectivity index (χ2n) is 1.61. The van der Waals surface area contributed by atoms with Gasteiger partial charge in [0.2, 0.25) is 0 Å². The normalized spacial score (nSPS) is 43.0. The van der Waals surface area contributed by atoms with Crippen LogP contribution in [0.2, 0.25) is 0 Å². The second-order valence-corrected chi connectivity index (χ2v) is 2.94. The molecule has 0 saturated carbocycles. The molecule has 0 aromatic heterocycles. The Morgan fingerprint density at radius 3 is 2.78 bits per heavy atom. The van der Waals surface area contributed by atoms with Gasteiger partial charge < -0.3 is 0 Å². The summed E-state index contributed by atoms with van der Waals surface area (Å²) in [4.78, 5) is 0. The summed E-state index contributed by atoms with van der Waals surface area (Å²) in [6.07, 6.45) is 0.792. The van der Waals surface area contributed by atoms with Gasteiger partial charge in [0, 0.05) is 0 Å². The first-order valence-electron chi connectivity index (χ1n) is 2.39. The van der Waals surface area contributed by atoms with Crippen molar-refractivity contribution in [3.05, 3.63) is 12.7 Å². The third kappa shape index (κ3) is 1.61. The minimum absolute atomic E-state index is 0.00270. The number of halogens is 1. The molecule has 0 spiro atoms. The summed E-state index contributed by atoms with van der Waals surface area (Å²) in [6.45, 7) is 3.31. The van der Waals surface area contributed by atoms with Crippen molar-refractivity contribution in [2.45, 2.75) is 6.10 Å². The summed E-state index contributed by atoms with van der Waals surface area (Å²) in [5, 5.41) is 0. The van der Waals surface area contributed by atoms with Crippen LogP contribution in [0.1, 0.15) is 0 Å². The molecule has 1 aliphatic heterocycles. The van der Waals surface area contributed by atoms with Crippen LogP contribution in [0.4, 0.5) is 4.20 Å². The standard InChI is InChI=1S/C4H6FO3P/c1-2-4-3-7-9(5,6)8-4/h2,4H,1,3H2. The number of rotatable bonds is 1. The van der Waals surface area contributed by atoms with Crippen LogP contribution in [0.15, 0.2) is 12.7 Å². The fourth-order valence-corrected chi connectivity index (χ4v) is 1.35. The lowest BCUT2D eigenvalue weighted by Crippen LogP contribution is -2.02. The molecular formula is C4H6FO3P. The number of hydrogen-bond acceptors (Lipinski definition) is 3. The fourth-order valence-electron chi connectivity index (χ4n) is 0.496. The summed E-state index contributed by atoms with van der Waals surface area (Å²) >= 11 is 0. The second kappa shape index (κ2) is 2.21. The topological polar surface area (TPSA) is 35.5 Å². The average molecular weight is 152 g/mol. The molecule has 2 atom stereocenters. The third-order valence-corrected chi connectivity index (χ3v) is 1.90. The highest BCUT2D eigenvalue weighted by Gasteiger charge is 2.35. The molecule has 1 saturated heterocycles. The molecule has 1 heterocycles. The molecule has 2 unspecified atom stereocenters. The van der Waals surface area contributed by atoms with Crippen molar-refractivity contribution in [1.29, 1.82) is 0 Å². The molecule has 0 bridgehead atoms. The van der Waals surface area contributed by atoms with E-state index in [9.17, 15) is 8.76 Å². The monoisotopic (exact) mass is 152 g/mol. The van der Waals surface area contributed by atoms with Gasteiger partial charge in [-0.15, -0.1) is 10.8 Å². The van der Waals surface area contributed by atoms with Gasteiger partial charge in [-0.05, 0) is 0 Å². The van der Waals surface area contributed by atoms with Crippen molar-refractivity contribution in [2.24, 2.45) is 0 Å². The summed E-state index contributed by atoms with van der Waals surface area (Å²) in [5.41, 5.74) is 0. The van der Waals surface area contributed by atoms with Gasteiger partial charge in [0.1, 0.15) is 6.10 Å². The molecule has 9 heavy (non-hydrogen) atoms. The van der Waals surface area contributed by atoms with Gasteiger partial charge in [0.05, 0.1) is 6.61 Å². The van der Waals surface area contributed by atoms with E-state index in [1.165, 1.54) is 6.08 Å².